The second-order valence-corrected chi connectivity index (χ2v) is 6.78. The molecule has 1 N–H and O–H groups in total. The van der Waals surface area contributed by atoms with Gasteiger partial charge in [-0.15, -0.1) is 0 Å². The summed E-state index contributed by atoms with van der Waals surface area (Å²) in [6, 6.07) is 0. The highest BCUT2D eigenvalue weighted by molar-refractivity contribution is 7.90. The normalized spacial score (nSPS) is 25.3. The van der Waals surface area contributed by atoms with Crippen molar-refractivity contribution in [3.8, 4) is 0 Å². The maximum absolute atomic E-state index is 11.1. The van der Waals surface area contributed by atoms with Crippen molar-refractivity contribution in [2.45, 2.75) is 0 Å². The van der Waals surface area contributed by atoms with E-state index in [4.69, 9.17) is 0 Å². The molecule has 0 amide bonds. The molecule has 0 atom stereocenters. The minimum atomic E-state index is -3.27. The third-order valence-corrected chi connectivity index (χ3v) is 4.43. The summed E-state index contributed by atoms with van der Waals surface area (Å²) in [5, 5.41) is 0. The van der Waals surface area contributed by atoms with Gasteiger partial charge in [0, 0.05) is 19.6 Å². The number of rotatable bonds is 1. The molecule has 0 bridgehead atoms. The van der Waals surface area contributed by atoms with E-state index in [0.717, 1.165) is 10.6 Å². The number of nitrogens with one attached hydrogen (secondary N) is 1. The van der Waals surface area contributed by atoms with Gasteiger partial charge >= 0.3 is 0 Å². The lowest BCUT2D eigenvalue weighted by molar-refractivity contribution is 0.444. The zero-order chi connectivity index (χ0) is 10.1. The number of hydrogen-bond donors (Lipinski definition) is 1. The van der Waals surface area contributed by atoms with Crippen molar-refractivity contribution < 1.29 is 16.8 Å². The van der Waals surface area contributed by atoms with Crippen molar-refractivity contribution in [1.82, 2.24) is 9.03 Å². The summed E-state index contributed by atoms with van der Waals surface area (Å²) in [5.41, 5.74) is 0. The van der Waals surface area contributed by atoms with E-state index in [1.165, 1.54) is 0 Å². The fraction of sp³-hybridized carbons (Fsp3) is 1.00. The number of nitrogens with zero attached hydrogens (tertiary/aromatic N) is 1. The summed E-state index contributed by atoms with van der Waals surface area (Å²) in [7, 11) is -6.54. The van der Waals surface area contributed by atoms with Gasteiger partial charge in [0.05, 0.1) is 12.0 Å². The van der Waals surface area contributed by atoms with E-state index in [-0.39, 0.29) is 25.4 Å². The molecular formula is C5H12N2O4S2. The maximum atomic E-state index is 11.1. The van der Waals surface area contributed by atoms with Gasteiger partial charge in [0.25, 0.3) is 0 Å². The summed E-state index contributed by atoms with van der Waals surface area (Å²) in [6.45, 7) is 0.391. The Balaban J connectivity index is 2.77. The highest BCUT2D eigenvalue weighted by atomic mass is 32.2. The molecule has 1 heterocycles. The first-order chi connectivity index (χ1) is 5.81. The molecule has 0 aromatic heterocycles. The lowest BCUT2D eigenvalue weighted by Crippen LogP contribution is -2.33. The lowest BCUT2D eigenvalue weighted by atomic mass is 10.6. The number of sulfonamides is 2. The van der Waals surface area contributed by atoms with E-state index in [1.54, 1.807) is 0 Å². The Labute approximate surface area is 78.0 Å². The first-order valence-corrected chi connectivity index (χ1v) is 7.24. The molecule has 0 radical (unpaired) electrons. The van der Waals surface area contributed by atoms with Crippen LogP contribution in [0, 0.1) is 0 Å². The highest BCUT2D eigenvalue weighted by Crippen LogP contribution is 2.01. The third-order valence-electron chi connectivity index (χ3n) is 1.76. The van der Waals surface area contributed by atoms with E-state index >= 15 is 0 Å². The van der Waals surface area contributed by atoms with E-state index in [2.05, 4.69) is 4.72 Å². The summed E-state index contributed by atoms with van der Waals surface area (Å²) in [4.78, 5) is 0. The average Bonchev–Trinajstić information content (AvgIpc) is 2.08. The van der Waals surface area contributed by atoms with E-state index in [9.17, 15) is 16.8 Å². The van der Waals surface area contributed by atoms with E-state index in [0.29, 0.717) is 0 Å². The molecule has 13 heavy (non-hydrogen) atoms. The van der Waals surface area contributed by atoms with Crippen LogP contribution in [0.1, 0.15) is 0 Å². The maximum Gasteiger partial charge on any atom is 0.212 e. The van der Waals surface area contributed by atoms with Gasteiger partial charge in [-0.05, 0) is 0 Å². The van der Waals surface area contributed by atoms with Gasteiger partial charge in [-0.25, -0.2) is 21.6 Å². The monoisotopic (exact) mass is 228 g/mol. The van der Waals surface area contributed by atoms with Crippen molar-refractivity contribution in [1.29, 1.82) is 0 Å². The quantitative estimate of drug-likeness (QED) is 0.573. The van der Waals surface area contributed by atoms with Crippen molar-refractivity contribution >= 4 is 20.0 Å². The van der Waals surface area contributed by atoms with Gasteiger partial charge < -0.3 is 0 Å². The van der Waals surface area contributed by atoms with Gasteiger partial charge in [0.1, 0.15) is 0 Å². The second kappa shape index (κ2) is 3.52. The molecule has 1 fully saturated rings. The molecule has 0 aromatic carbocycles. The third kappa shape index (κ3) is 3.22. The van der Waals surface area contributed by atoms with E-state index in [1.807, 2.05) is 0 Å². The standard InChI is InChI=1S/C5H12N2O4S2/c1-12(8,9)7-3-2-6-13(10,11)5-4-7/h6H,2-5H2,1H3. The fourth-order valence-corrected chi connectivity index (χ4v) is 3.03. The first-order valence-electron chi connectivity index (χ1n) is 3.74. The van der Waals surface area contributed by atoms with Crippen LogP contribution in [-0.2, 0) is 20.0 Å². The molecule has 78 valence electrons. The Morgan fingerprint density at radius 3 is 2.46 bits per heavy atom. The highest BCUT2D eigenvalue weighted by Gasteiger charge is 2.23. The summed E-state index contributed by atoms with van der Waals surface area (Å²) in [6.07, 6.45) is 1.07. The van der Waals surface area contributed by atoms with Crippen LogP contribution in [-0.4, -0.2) is 52.8 Å². The van der Waals surface area contributed by atoms with Gasteiger partial charge in [0.15, 0.2) is 0 Å². The molecular weight excluding hydrogens is 216 g/mol. The summed E-state index contributed by atoms with van der Waals surface area (Å²) < 4.78 is 47.6. The molecule has 0 unspecified atom stereocenters. The molecule has 0 aromatic rings. The van der Waals surface area contributed by atoms with Crippen LogP contribution in [0.15, 0.2) is 0 Å². The van der Waals surface area contributed by atoms with Crippen molar-refractivity contribution in [2.75, 3.05) is 31.6 Å². The average molecular weight is 228 g/mol. The van der Waals surface area contributed by atoms with Crippen LogP contribution >= 0.6 is 0 Å². The minimum Gasteiger partial charge on any atom is -0.214 e. The van der Waals surface area contributed by atoms with Gasteiger partial charge in [-0.1, -0.05) is 0 Å². The molecule has 1 saturated heterocycles. The topological polar surface area (TPSA) is 83.6 Å². The molecule has 1 rings (SSSR count). The van der Waals surface area contributed by atoms with Crippen molar-refractivity contribution in [2.24, 2.45) is 0 Å². The second-order valence-electron chi connectivity index (χ2n) is 2.88. The zero-order valence-electron chi connectivity index (χ0n) is 7.23. The largest absolute Gasteiger partial charge is 0.214 e. The molecule has 1 aliphatic heterocycles. The predicted molar refractivity (Wildman–Crippen MR) is 48.2 cm³/mol. The van der Waals surface area contributed by atoms with E-state index < -0.39 is 20.0 Å². The van der Waals surface area contributed by atoms with Crippen molar-refractivity contribution in [3.63, 3.8) is 0 Å². The van der Waals surface area contributed by atoms with Crippen LogP contribution in [0.3, 0.4) is 0 Å². The van der Waals surface area contributed by atoms with Gasteiger partial charge in [-0.3, -0.25) is 0 Å². The zero-order valence-corrected chi connectivity index (χ0v) is 8.86. The summed E-state index contributed by atoms with van der Waals surface area (Å²) >= 11 is 0. The van der Waals surface area contributed by atoms with Crippen LogP contribution < -0.4 is 4.72 Å². The number of hydrogen-bond acceptors (Lipinski definition) is 4. The first kappa shape index (κ1) is 10.9. The molecule has 0 spiro atoms. The lowest BCUT2D eigenvalue weighted by Gasteiger charge is -2.14. The Hall–Kier alpha value is -0.180. The van der Waals surface area contributed by atoms with Gasteiger partial charge in [0.2, 0.25) is 20.0 Å². The minimum absolute atomic E-state index is 0.0359. The fourth-order valence-electron chi connectivity index (χ4n) is 1.06. The van der Waals surface area contributed by atoms with Crippen LogP contribution in [0.25, 0.3) is 0 Å². The molecule has 6 nitrogen and oxygen atoms in total. The van der Waals surface area contributed by atoms with Crippen molar-refractivity contribution in [3.05, 3.63) is 0 Å². The molecule has 0 saturated carbocycles. The molecule has 1 aliphatic rings. The summed E-state index contributed by atoms with van der Waals surface area (Å²) in [5.74, 6) is -0.167. The SMILES string of the molecule is CS(=O)(=O)N1CCNS(=O)(=O)CC1. The Bertz CT molecular complexity index is 371. The Morgan fingerprint density at radius 2 is 1.92 bits per heavy atom. The Morgan fingerprint density at radius 1 is 1.31 bits per heavy atom. The van der Waals surface area contributed by atoms with Gasteiger partial charge in [-0.2, -0.15) is 4.31 Å². The Kier molecular flexibility index (Phi) is 2.95. The predicted octanol–water partition coefficient (Wildman–Crippen LogP) is -1.82. The van der Waals surface area contributed by atoms with Crippen LogP contribution in [0.5, 0.6) is 0 Å². The van der Waals surface area contributed by atoms with Crippen LogP contribution in [0.2, 0.25) is 0 Å². The molecule has 8 heteroatoms. The van der Waals surface area contributed by atoms with Crippen LogP contribution in [0.4, 0.5) is 0 Å². The molecule has 0 aliphatic carbocycles. The smallest absolute Gasteiger partial charge is 0.212 e.